The summed E-state index contributed by atoms with van der Waals surface area (Å²) in [5.41, 5.74) is 1.68. The Balaban J connectivity index is 1.70. The zero-order valence-electron chi connectivity index (χ0n) is 14.2. The quantitative estimate of drug-likeness (QED) is 0.562. The highest BCUT2D eigenvalue weighted by molar-refractivity contribution is 7.14. The van der Waals surface area contributed by atoms with Gasteiger partial charge >= 0.3 is 12.1 Å². The molecule has 140 valence electrons. The third-order valence-electron chi connectivity index (χ3n) is 3.66. The van der Waals surface area contributed by atoms with Crippen molar-refractivity contribution >= 4 is 28.1 Å². The molecule has 0 aliphatic carbocycles. The first-order chi connectivity index (χ1) is 12.9. The van der Waals surface area contributed by atoms with Gasteiger partial charge in [0.2, 0.25) is 0 Å². The highest BCUT2D eigenvalue weighted by Crippen LogP contribution is 2.32. The molecule has 3 rings (SSSR count). The normalized spacial score (nSPS) is 11.3. The van der Waals surface area contributed by atoms with E-state index in [-0.39, 0.29) is 5.97 Å². The summed E-state index contributed by atoms with van der Waals surface area (Å²) in [6.45, 7) is 2.05. The molecule has 0 aliphatic heterocycles. The van der Waals surface area contributed by atoms with Crippen molar-refractivity contribution in [2.24, 2.45) is 0 Å². The van der Waals surface area contributed by atoms with Crippen LogP contribution in [0.4, 0.5) is 24.0 Å². The fourth-order valence-corrected chi connectivity index (χ4v) is 3.06. The highest BCUT2D eigenvalue weighted by atomic mass is 32.1. The van der Waals surface area contributed by atoms with Gasteiger partial charge in [-0.15, -0.1) is 11.3 Å². The van der Waals surface area contributed by atoms with Crippen LogP contribution in [0.15, 0.2) is 53.9 Å². The van der Waals surface area contributed by atoms with Gasteiger partial charge < -0.3 is 10.1 Å². The average molecular weight is 392 g/mol. The van der Waals surface area contributed by atoms with E-state index in [0.29, 0.717) is 28.6 Å². The summed E-state index contributed by atoms with van der Waals surface area (Å²) in [6.07, 6.45) is -4.36. The highest BCUT2D eigenvalue weighted by Gasteiger charge is 2.30. The number of nitrogens with zero attached hydrogens (tertiary/aromatic N) is 1. The number of benzene rings is 2. The Labute approximate surface area is 157 Å². The topological polar surface area (TPSA) is 51.2 Å². The minimum Gasteiger partial charge on any atom is -0.462 e. The van der Waals surface area contributed by atoms with Gasteiger partial charge in [0.05, 0.1) is 23.4 Å². The summed E-state index contributed by atoms with van der Waals surface area (Å²) >= 11 is 1.33. The molecule has 0 saturated carbocycles. The summed E-state index contributed by atoms with van der Waals surface area (Å²) in [4.78, 5) is 16.0. The van der Waals surface area contributed by atoms with Crippen LogP contribution in [-0.2, 0) is 10.9 Å². The first-order valence-electron chi connectivity index (χ1n) is 8.04. The Bertz CT molecular complexity index is 919. The molecule has 0 fully saturated rings. The standard InChI is InChI=1S/C19H15F3N2O2S/c1-2-26-17(25)13-5-9-15(10-6-13)23-18-24-16(11-27-18)12-3-7-14(8-4-12)19(20,21)22/h3-11H,2H2,1H3,(H,23,24). The maximum absolute atomic E-state index is 12.6. The van der Waals surface area contributed by atoms with Crippen molar-refractivity contribution in [3.05, 3.63) is 65.0 Å². The van der Waals surface area contributed by atoms with Gasteiger partial charge in [0.1, 0.15) is 0 Å². The van der Waals surface area contributed by atoms with E-state index >= 15 is 0 Å². The fourth-order valence-electron chi connectivity index (χ4n) is 2.32. The van der Waals surface area contributed by atoms with E-state index in [1.807, 2.05) is 0 Å². The molecule has 0 atom stereocenters. The molecular formula is C19H15F3N2O2S. The molecule has 0 aliphatic rings. The van der Waals surface area contributed by atoms with Crippen LogP contribution in [0.25, 0.3) is 11.3 Å². The number of alkyl halides is 3. The first kappa shape index (κ1) is 18.9. The second-order valence-corrected chi connectivity index (χ2v) is 6.39. The Kier molecular flexibility index (Phi) is 5.46. The number of anilines is 2. The summed E-state index contributed by atoms with van der Waals surface area (Å²) < 4.78 is 42.8. The molecule has 0 amide bonds. The van der Waals surface area contributed by atoms with E-state index in [1.165, 1.54) is 23.5 Å². The number of nitrogens with one attached hydrogen (secondary N) is 1. The van der Waals surface area contributed by atoms with Crippen LogP contribution in [0.2, 0.25) is 0 Å². The van der Waals surface area contributed by atoms with Crippen LogP contribution < -0.4 is 5.32 Å². The Morgan fingerprint density at radius 1 is 1.11 bits per heavy atom. The Morgan fingerprint density at radius 3 is 2.37 bits per heavy atom. The average Bonchev–Trinajstić information content (AvgIpc) is 3.10. The number of esters is 1. The SMILES string of the molecule is CCOC(=O)c1ccc(Nc2nc(-c3ccc(C(F)(F)F)cc3)cs2)cc1. The monoisotopic (exact) mass is 392 g/mol. The van der Waals surface area contributed by atoms with Gasteiger partial charge in [-0.1, -0.05) is 12.1 Å². The summed E-state index contributed by atoms with van der Waals surface area (Å²) in [7, 11) is 0. The molecule has 2 aromatic carbocycles. The number of carbonyl (C=O) groups excluding carboxylic acids is 1. The third-order valence-corrected chi connectivity index (χ3v) is 4.42. The van der Waals surface area contributed by atoms with Crippen LogP contribution in [0.1, 0.15) is 22.8 Å². The first-order valence-corrected chi connectivity index (χ1v) is 8.92. The molecule has 1 aromatic heterocycles. The molecule has 4 nitrogen and oxygen atoms in total. The predicted molar refractivity (Wildman–Crippen MR) is 98.2 cm³/mol. The molecule has 0 spiro atoms. The van der Waals surface area contributed by atoms with E-state index in [9.17, 15) is 18.0 Å². The Morgan fingerprint density at radius 2 is 1.78 bits per heavy atom. The molecule has 0 bridgehead atoms. The number of carbonyl (C=O) groups is 1. The summed E-state index contributed by atoms with van der Waals surface area (Å²) in [5, 5.41) is 5.46. The second-order valence-electron chi connectivity index (χ2n) is 5.54. The molecule has 8 heteroatoms. The van der Waals surface area contributed by atoms with Crippen molar-refractivity contribution in [3.63, 3.8) is 0 Å². The number of hydrogen-bond acceptors (Lipinski definition) is 5. The zero-order valence-corrected chi connectivity index (χ0v) is 15.0. The van der Waals surface area contributed by atoms with Gasteiger partial charge in [0.25, 0.3) is 0 Å². The minimum absolute atomic E-state index is 0.310. The molecule has 27 heavy (non-hydrogen) atoms. The van der Waals surface area contributed by atoms with Crippen molar-refractivity contribution in [3.8, 4) is 11.3 Å². The van der Waals surface area contributed by atoms with Gasteiger partial charge in [0.15, 0.2) is 5.13 Å². The van der Waals surface area contributed by atoms with E-state index in [0.717, 1.165) is 17.8 Å². The van der Waals surface area contributed by atoms with Crippen molar-refractivity contribution in [1.29, 1.82) is 0 Å². The summed E-state index contributed by atoms with van der Waals surface area (Å²) in [6, 6.07) is 11.6. The van der Waals surface area contributed by atoms with Gasteiger partial charge in [-0.05, 0) is 43.3 Å². The lowest BCUT2D eigenvalue weighted by Crippen LogP contribution is -2.04. The number of thiazole rings is 1. The molecule has 3 aromatic rings. The van der Waals surface area contributed by atoms with Gasteiger partial charge in [-0.2, -0.15) is 13.2 Å². The molecule has 1 N–H and O–H groups in total. The van der Waals surface area contributed by atoms with E-state index in [1.54, 1.807) is 36.6 Å². The molecular weight excluding hydrogens is 377 g/mol. The number of ether oxygens (including phenoxy) is 1. The smallest absolute Gasteiger partial charge is 0.416 e. The zero-order chi connectivity index (χ0) is 19.4. The van der Waals surface area contributed by atoms with Gasteiger partial charge in [0, 0.05) is 16.6 Å². The number of hydrogen-bond donors (Lipinski definition) is 1. The maximum atomic E-state index is 12.6. The summed E-state index contributed by atoms with van der Waals surface area (Å²) in [5.74, 6) is -0.386. The van der Waals surface area contributed by atoms with Crippen LogP contribution in [-0.4, -0.2) is 17.6 Å². The van der Waals surface area contributed by atoms with Gasteiger partial charge in [-0.3, -0.25) is 0 Å². The maximum Gasteiger partial charge on any atom is 0.416 e. The number of rotatable bonds is 5. The van der Waals surface area contributed by atoms with Crippen LogP contribution in [0, 0.1) is 0 Å². The minimum atomic E-state index is -4.36. The molecule has 0 radical (unpaired) electrons. The van der Waals surface area contributed by atoms with E-state index in [4.69, 9.17) is 4.74 Å². The molecule has 0 unspecified atom stereocenters. The molecule has 1 heterocycles. The lowest BCUT2D eigenvalue weighted by Gasteiger charge is -2.06. The predicted octanol–water partition coefficient (Wildman–Crippen LogP) is 5.75. The van der Waals surface area contributed by atoms with Crippen LogP contribution >= 0.6 is 11.3 Å². The van der Waals surface area contributed by atoms with Crippen molar-refractivity contribution in [2.75, 3.05) is 11.9 Å². The lowest BCUT2D eigenvalue weighted by atomic mass is 10.1. The van der Waals surface area contributed by atoms with E-state index in [2.05, 4.69) is 10.3 Å². The van der Waals surface area contributed by atoms with Crippen LogP contribution in [0.5, 0.6) is 0 Å². The van der Waals surface area contributed by atoms with E-state index < -0.39 is 11.7 Å². The third kappa shape index (κ3) is 4.65. The van der Waals surface area contributed by atoms with Crippen molar-refractivity contribution in [2.45, 2.75) is 13.1 Å². The van der Waals surface area contributed by atoms with Crippen molar-refractivity contribution in [1.82, 2.24) is 4.98 Å². The second kappa shape index (κ2) is 7.79. The number of halogens is 3. The largest absolute Gasteiger partial charge is 0.462 e. The fraction of sp³-hybridized carbons (Fsp3) is 0.158. The van der Waals surface area contributed by atoms with Crippen molar-refractivity contribution < 1.29 is 22.7 Å². The Hall–Kier alpha value is -2.87. The lowest BCUT2D eigenvalue weighted by molar-refractivity contribution is -0.137. The number of aromatic nitrogens is 1. The van der Waals surface area contributed by atoms with Gasteiger partial charge in [-0.25, -0.2) is 9.78 Å². The molecule has 0 saturated heterocycles. The van der Waals surface area contributed by atoms with Crippen LogP contribution in [0.3, 0.4) is 0 Å².